The van der Waals surface area contributed by atoms with Gasteiger partial charge in [0.25, 0.3) is 0 Å². The Labute approximate surface area is 86.3 Å². The van der Waals surface area contributed by atoms with Gasteiger partial charge in [0.1, 0.15) is 0 Å². The van der Waals surface area contributed by atoms with E-state index in [0.717, 1.165) is 12.1 Å². The number of anilines is 1. The Morgan fingerprint density at radius 2 is 2.07 bits per heavy atom. The third kappa shape index (κ3) is 3.21. The zero-order chi connectivity index (χ0) is 11.5. The maximum atomic E-state index is 12.3. The first-order chi connectivity index (χ1) is 6.93. The zero-order valence-corrected chi connectivity index (χ0v) is 8.10. The number of terminal acetylenes is 1. The van der Waals surface area contributed by atoms with Crippen LogP contribution in [0.2, 0.25) is 0 Å². The lowest BCUT2D eigenvalue weighted by atomic mass is 10.2. The van der Waals surface area contributed by atoms with E-state index in [2.05, 4.69) is 11.2 Å². The minimum Gasteiger partial charge on any atom is -0.372 e. The number of nitrogens with one attached hydrogen (secondary N) is 1. The van der Waals surface area contributed by atoms with Crippen LogP contribution < -0.4 is 5.32 Å². The maximum Gasteiger partial charge on any atom is 0.416 e. The fourth-order valence-corrected chi connectivity index (χ4v) is 1.08. The largest absolute Gasteiger partial charge is 0.416 e. The fourth-order valence-electron chi connectivity index (χ4n) is 1.08. The van der Waals surface area contributed by atoms with Crippen molar-refractivity contribution in [2.75, 3.05) is 5.32 Å². The predicted molar refractivity (Wildman–Crippen MR) is 53.4 cm³/mol. The van der Waals surface area contributed by atoms with Gasteiger partial charge in [-0.3, -0.25) is 0 Å². The van der Waals surface area contributed by atoms with E-state index < -0.39 is 11.7 Å². The van der Waals surface area contributed by atoms with Crippen molar-refractivity contribution in [3.63, 3.8) is 0 Å². The molecule has 0 aliphatic rings. The van der Waals surface area contributed by atoms with Crippen molar-refractivity contribution in [1.82, 2.24) is 0 Å². The molecule has 0 amide bonds. The Bertz CT molecular complexity index is 376. The summed E-state index contributed by atoms with van der Waals surface area (Å²) in [5.74, 6) is 2.38. The van der Waals surface area contributed by atoms with Crippen LogP contribution in [0, 0.1) is 12.3 Å². The van der Waals surface area contributed by atoms with Gasteiger partial charge in [-0.15, -0.1) is 6.42 Å². The molecular weight excluding hydrogens is 203 g/mol. The molecule has 0 aromatic heterocycles. The Morgan fingerprint density at radius 3 is 2.60 bits per heavy atom. The summed E-state index contributed by atoms with van der Waals surface area (Å²) in [5, 5.41) is 2.77. The van der Waals surface area contributed by atoms with Crippen molar-refractivity contribution >= 4 is 5.69 Å². The van der Waals surface area contributed by atoms with Crippen LogP contribution in [0.15, 0.2) is 24.3 Å². The molecule has 1 aromatic carbocycles. The van der Waals surface area contributed by atoms with Gasteiger partial charge >= 0.3 is 6.18 Å². The molecule has 0 aliphatic carbocycles. The molecule has 15 heavy (non-hydrogen) atoms. The van der Waals surface area contributed by atoms with Crippen LogP contribution in [0.25, 0.3) is 0 Å². The molecule has 0 heterocycles. The number of hydrogen-bond acceptors (Lipinski definition) is 1. The Balaban J connectivity index is 2.90. The highest BCUT2D eigenvalue weighted by Gasteiger charge is 2.30. The topological polar surface area (TPSA) is 12.0 Å². The van der Waals surface area contributed by atoms with Crippen molar-refractivity contribution in [2.45, 2.75) is 19.1 Å². The number of hydrogen-bond donors (Lipinski definition) is 1. The first-order valence-electron chi connectivity index (χ1n) is 4.33. The molecule has 1 rings (SSSR count). The molecule has 1 aromatic rings. The van der Waals surface area contributed by atoms with E-state index in [4.69, 9.17) is 6.42 Å². The Hall–Kier alpha value is -1.63. The fraction of sp³-hybridized carbons (Fsp3) is 0.273. The van der Waals surface area contributed by atoms with Gasteiger partial charge < -0.3 is 5.32 Å². The first-order valence-corrected chi connectivity index (χ1v) is 4.33. The van der Waals surface area contributed by atoms with Crippen LogP contribution in [-0.2, 0) is 6.18 Å². The minimum absolute atomic E-state index is 0.298. The van der Waals surface area contributed by atoms with E-state index in [9.17, 15) is 13.2 Å². The van der Waals surface area contributed by atoms with Crippen LogP contribution in [0.5, 0.6) is 0 Å². The molecule has 4 heteroatoms. The zero-order valence-electron chi connectivity index (χ0n) is 8.10. The van der Waals surface area contributed by atoms with Gasteiger partial charge in [0, 0.05) is 5.69 Å². The average Bonchev–Trinajstić information content (AvgIpc) is 2.17. The monoisotopic (exact) mass is 213 g/mol. The third-order valence-corrected chi connectivity index (χ3v) is 1.82. The van der Waals surface area contributed by atoms with Crippen molar-refractivity contribution in [3.05, 3.63) is 29.8 Å². The number of alkyl halides is 3. The highest BCUT2D eigenvalue weighted by Crippen LogP contribution is 2.30. The third-order valence-electron chi connectivity index (χ3n) is 1.82. The van der Waals surface area contributed by atoms with Crippen LogP contribution >= 0.6 is 0 Å². The standard InChI is InChI=1S/C11H10F3N/c1-3-8(2)15-10-6-4-5-9(7-10)11(12,13)14/h1,4-8,15H,2H3. The summed E-state index contributed by atoms with van der Waals surface area (Å²) < 4.78 is 37.0. The molecule has 80 valence electrons. The molecule has 1 atom stereocenters. The van der Waals surface area contributed by atoms with E-state index in [1.165, 1.54) is 6.07 Å². The Kier molecular flexibility index (Phi) is 3.25. The summed E-state index contributed by atoms with van der Waals surface area (Å²) in [5.41, 5.74) is -0.313. The average molecular weight is 213 g/mol. The van der Waals surface area contributed by atoms with Crippen LogP contribution in [0.4, 0.5) is 18.9 Å². The lowest BCUT2D eigenvalue weighted by Gasteiger charge is -2.12. The SMILES string of the molecule is C#CC(C)Nc1cccc(C(F)(F)F)c1. The lowest BCUT2D eigenvalue weighted by molar-refractivity contribution is -0.137. The smallest absolute Gasteiger partial charge is 0.372 e. The van der Waals surface area contributed by atoms with Crippen LogP contribution in [0.3, 0.4) is 0 Å². The van der Waals surface area contributed by atoms with Gasteiger partial charge in [0.15, 0.2) is 0 Å². The molecule has 0 saturated carbocycles. The van der Waals surface area contributed by atoms with Gasteiger partial charge in [0.05, 0.1) is 11.6 Å². The van der Waals surface area contributed by atoms with E-state index in [1.807, 2.05) is 0 Å². The second-order valence-electron chi connectivity index (χ2n) is 3.11. The number of benzene rings is 1. The molecule has 0 saturated heterocycles. The molecule has 0 radical (unpaired) electrons. The van der Waals surface area contributed by atoms with Crippen molar-refractivity contribution in [3.8, 4) is 12.3 Å². The summed E-state index contributed by atoms with van der Waals surface area (Å²) in [4.78, 5) is 0. The summed E-state index contributed by atoms with van der Waals surface area (Å²) in [6, 6.07) is 4.64. The van der Waals surface area contributed by atoms with Gasteiger partial charge in [0.2, 0.25) is 0 Å². The highest BCUT2D eigenvalue weighted by molar-refractivity contribution is 5.48. The van der Waals surface area contributed by atoms with Crippen LogP contribution in [-0.4, -0.2) is 6.04 Å². The van der Waals surface area contributed by atoms with Gasteiger partial charge in [-0.1, -0.05) is 12.0 Å². The molecule has 0 fully saturated rings. The Morgan fingerprint density at radius 1 is 1.40 bits per heavy atom. The van der Waals surface area contributed by atoms with Gasteiger partial charge in [-0.05, 0) is 25.1 Å². The summed E-state index contributed by atoms with van der Waals surface area (Å²) in [6.07, 6.45) is 0.787. The molecular formula is C11H10F3N. The predicted octanol–water partition coefficient (Wildman–Crippen LogP) is 3.14. The summed E-state index contributed by atoms with van der Waals surface area (Å²) >= 11 is 0. The second-order valence-corrected chi connectivity index (χ2v) is 3.11. The van der Waals surface area contributed by atoms with E-state index in [0.29, 0.717) is 5.69 Å². The molecule has 0 bridgehead atoms. The lowest BCUT2D eigenvalue weighted by Crippen LogP contribution is -2.13. The summed E-state index contributed by atoms with van der Waals surface area (Å²) in [6.45, 7) is 1.69. The molecule has 1 N–H and O–H groups in total. The molecule has 0 aliphatic heterocycles. The highest BCUT2D eigenvalue weighted by atomic mass is 19.4. The normalized spacial score (nSPS) is 13.0. The van der Waals surface area contributed by atoms with E-state index in [-0.39, 0.29) is 6.04 Å². The molecule has 1 unspecified atom stereocenters. The van der Waals surface area contributed by atoms with Crippen molar-refractivity contribution in [1.29, 1.82) is 0 Å². The van der Waals surface area contributed by atoms with Gasteiger partial charge in [-0.2, -0.15) is 13.2 Å². The first kappa shape index (κ1) is 11.4. The van der Waals surface area contributed by atoms with E-state index >= 15 is 0 Å². The van der Waals surface area contributed by atoms with Crippen LogP contribution in [0.1, 0.15) is 12.5 Å². The second kappa shape index (κ2) is 4.26. The maximum absolute atomic E-state index is 12.3. The van der Waals surface area contributed by atoms with Gasteiger partial charge in [-0.25, -0.2) is 0 Å². The minimum atomic E-state index is -4.32. The quantitative estimate of drug-likeness (QED) is 0.744. The summed E-state index contributed by atoms with van der Waals surface area (Å²) in [7, 11) is 0. The number of rotatable bonds is 2. The van der Waals surface area contributed by atoms with Crippen molar-refractivity contribution in [2.24, 2.45) is 0 Å². The van der Waals surface area contributed by atoms with Crippen molar-refractivity contribution < 1.29 is 13.2 Å². The van der Waals surface area contributed by atoms with E-state index in [1.54, 1.807) is 13.0 Å². The molecule has 1 nitrogen and oxygen atoms in total. The molecule has 0 spiro atoms. The number of halogens is 3.